The summed E-state index contributed by atoms with van der Waals surface area (Å²) in [4.78, 5) is 2.69. The van der Waals surface area contributed by atoms with Crippen LogP contribution < -0.4 is 11.1 Å². The predicted molar refractivity (Wildman–Crippen MR) is 76.2 cm³/mol. The minimum atomic E-state index is 0.126. The molecule has 0 bridgehead atoms. The van der Waals surface area contributed by atoms with Crippen molar-refractivity contribution in [2.75, 3.05) is 6.54 Å². The average Bonchev–Trinajstić information content (AvgIpc) is 2.83. The number of hydrogen-bond acceptors (Lipinski definition) is 3. The molecule has 3 heteroatoms. The summed E-state index contributed by atoms with van der Waals surface area (Å²) in [5.74, 6) is 2.80. The summed E-state index contributed by atoms with van der Waals surface area (Å²) in [5.41, 5.74) is 5.83. The van der Waals surface area contributed by atoms with Gasteiger partial charge in [0.15, 0.2) is 0 Å². The summed E-state index contributed by atoms with van der Waals surface area (Å²) >= 11 is 1.83. The van der Waals surface area contributed by atoms with Gasteiger partial charge in [-0.2, -0.15) is 0 Å². The standard InChI is InChI=1S/C14H22N2S/c1-4-7-11(5-2)16-13(10-15)14-9-8-12(6-3)17-14/h2,8-9,11,13,16H,4,6-7,10,15H2,1,3H3. The molecule has 0 spiro atoms. The topological polar surface area (TPSA) is 38.0 Å². The van der Waals surface area contributed by atoms with E-state index in [0.717, 1.165) is 19.3 Å². The summed E-state index contributed by atoms with van der Waals surface area (Å²) in [6.07, 6.45) is 8.69. The Morgan fingerprint density at radius 2 is 2.24 bits per heavy atom. The van der Waals surface area contributed by atoms with Crippen LogP contribution in [0, 0.1) is 12.3 Å². The van der Waals surface area contributed by atoms with Gasteiger partial charge >= 0.3 is 0 Å². The highest BCUT2D eigenvalue weighted by Crippen LogP contribution is 2.23. The zero-order valence-electron chi connectivity index (χ0n) is 10.7. The maximum Gasteiger partial charge on any atom is 0.0692 e. The first kappa shape index (κ1) is 14.2. The van der Waals surface area contributed by atoms with Crippen LogP contribution in [0.2, 0.25) is 0 Å². The van der Waals surface area contributed by atoms with E-state index >= 15 is 0 Å². The molecule has 0 radical (unpaired) electrons. The summed E-state index contributed by atoms with van der Waals surface area (Å²) in [5, 5.41) is 3.46. The van der Waals surface area contributed by atoms with Crippen LogP contribution in [0.25, 0.3) is 0 Å². The summed E-state index contributed by atoms with van der Waals surface area (Å²) in [6, 6.07) is 4.65. The molecule has 0 aliphatic carbocycles. The largest absolute Gasteiger partial charge is 0.329 e. The van der Waals surface area contributed by atoms with Gasteiger partial charge in [0.25, 0.3) is 0 Å². The fourth-order valence-electron chi connectivity index (χ4n) is 1.78. The maximum absolute atomic E-state index is 5.83. The van der Waals surface area contributed by atoms with Gasteiger partial charge in [-0.05, 0) is 25.0 Å². The van der Waals surface area contributed by atoms with Gasteiger partial charge in [-0.25, -0.2) is 0 Å². The monoisotopic (exact) mass is 250 g/mol. The Hall–Kier alpha value is -0.820. The van der Waals surface area contributed by atoms with Gasteiger partial charge in [0.2, 0.25) is 0 Å². The molecular formula is C14H22N2S. The molecule has 0 fully saturated rings. The van der Waals surface area contributed by atoms with E-state index in [1.807, 2.05) is 11.3 Å². The van der Waals surface area contributed by atoms with Gasteiger partial charge in [0, 0.05) is 16.3 Å². The first-order chi connectivity index (χ1) is 8.24. The van der Waals surface area contributed by atoms with Crippen molar-refractivity contribution in [1.82, 2.24) is 5.32 Å². The van der Waals surface area contributed by atoms with Gasteiger partial charge in [0.05, 0.1) is 12.1 Å². The van der Waals surface area contributed by atoms with Crippen molar-refractivity contribution >= 4 is 11.3 Å². The van der Waals surface area contributed by atoms with Crippen LogP contribution in [-0.2, 0) is 6.42 Å². The van der Waals surface area contributed by atoms with Crippen LogP contribution in [0.3, 0.4) is 0 Å². The maximum atomic E-state index is 5.83. The van der Waals surface area contributed by atoms with Crippen LogP contribution >= 0.6 is 11.3 Å². The Balaban J connectivity index is 2.67. The van der Waals surface area contributed by atoms with Crippen molar-refractivity contribution in [2.24, 2.45) is 5.73 Å². The minimum absolute atomic E-state index is 0.126. The average molecular weight is 250 g/mol. The highest BCUT2D eigenvalue weighted by molar-refractivity contribution is 7.12. The lowest BCUT2D eigenvalue weighted by Gasteiger charge is -2.20. The molecule has 2 nitrogen and oxygen atoms in total. The highest BCUT2D eigenvalue weighted by Gasteiger charge is 2.15. The van der Waals surface area contributed by atoms with E-state index in [9.17, 15) is 0 Å². The van der Waals surface area contributed by atoms with Crippen LogP contribution in [0.1, 0.15) is 42.5 Å². The lowest BCUT2D eigenvalue weighted by Crippen LogP contribution is -2.35. The summed E-state index contributed by atoms with van der Waals surface area (Å²) in [6.45, 7) is 4.90. The van der Waals surface area contributed by atoms with E-state index in [1.54, 1.807) is 0 Å². The van der Waals surface area contributed by atoms with Crippen molar-refractivity contribution in [2.45, 2.75) is 45.2 Å². The van der Waals surface area contributed by atoms with Gasteiger partial charge in [0.1, 0.15) is 0 Å². The van der Waals surface area contributed by atoms with Gasteiger partial charge in [-0.15, -0.1) is 17.8 Å². The molecule has 0 aromatic carbocycles. The number of rotatable bonds is 7. The molecule has 2 unspecified atom stereocenters. The Kier molecular flexibility index (Phi) is 6.28. The van der Waals surface area contributed by atoms with Gasteiger partial charge in [-0.1, -0.05) is 26.2 Å². The third-order valence-corrected chi connectivity index (χ3v) is 4.13. The SMILES string of the molecule is C#CC(CCC)NC(CN)c1ccc(CC)s1. The number of aryl methyl sites for hydroxylation is 1. The molecule has 1 aromatic rings. The van der Waals surface area contributed by atoms with Crippen LogP contribution in [0.4, 0.5) is 0 Å². The molecule has 0 saturated heterocycles. The lowest BCUT2D eigenvalue weighted by atomic mass is 10.1. The Morgan fingerprint density at radius 3 is 2.71 bits per heavy atom. The molecule has 2 atom stereocenters. The quantitative estimate of drug-likeness (QED) is 0.730. The molecule has 1 heterocycles. The minimum Gasteiger partial charge on any atom is -0.329 e. The molecule has 0 saturated carbocycles. The van der Waals surface area contributed by atoms with E-state index in [4.69, 9.17) is 12.2 Å². The predicted octanol–water partition coefficient (Wildman–Crippen LogP) is 2.70. The second-order valence-corrected chi connectivity index (χ2v) is 5.32. The fourth-order valence-corrected chi connectivity index (χ4v) is 2.81. The van der Waals surface area contributed by atoms with Gasteiger partial charge in [-0.3, -0.25) is 5.32 Å². The first-order valence-electron chi connectivity index (χ1n) is 6.25. The summed E-state index contributed by atoms with van der Waals surface area (Å²) < 4.78 is 0. The van der Waals surface area contributed by atoms with E-state index in [2.05, 4.69) is 37.2 Å². The molecule has 0 aliphatic heterocycles. The van der Waals surface area contributed by atoms with Crippen molar-refractivity contribution in [3.8, 4) is 12.3 Å². The third-order valence-electron chi connectivity index (χ3n) is 2.79. The second-order valence-electron chi connectivity index (χ2n) is 4.12. The zero-order chi connectivity index (χ0) is 12.7. The number of nitrogens with one attached hydrogen (secondary N) is 1. The molecule has 17 heavy (non-hydrogen) atoms. The third kappa shape index (κ3) is 4.16. The molecule has 0 aliphatic rings. The van der Waals surface area contributed by atoms with Crippen molar-refractivity contribution < 1.29 is 0 Å². The number of thiophene rings is 1. The molecule has 0 amide bonds. The van der Waals surface area contributed by atoms with Crippen LogP contribution in [0.15, 0.2) is 12.1 Å². The Bertz CT molecular complexity index is 365. The zero-order valence-corrected chi connectivity index (χ0v) is 11.5. The van der Waals surface area contributed by atoms with E-state index < -0.39 is 0 Å². The van der Waals surface area contributed by atoms with Gasteiger partial charge < -0.3 is 5.73 Å². The molecule has 3 N–H and O–H groups in total. The van der Waals surface area contributed by atoms with Crippen LogP contribution in [0.5, 0.6) is 0 Å². The number of hydrogen-bond donors (Lipinski definition) is 2. The Labute approximate surface area is 109 Å². The second kappa shape index (κ2) is 7.50. The normalized spacial score (nSPS) is 14.2. The van der Waals surface area contributed by atoms with Crippen molar-refractivity contribution in [1.29, 1.82) is 0 Å². The molecule has 1 aromatic heterocycles. The van der Waals surface area contributed by atoms with E-state index in [1.165, 1.54) is 9.75 Å². The first-order valence-corrected chi connectivity index (χ1v) is 7.07. The summed E-state index contributed by atoms with van der Waals surface area (Å²) in [7, 11) is 0. The van der Waals surface area contributed by atoms with Crippen LogP contribution in [-0.4, -0.2) is 12.6 Å². The van der Waals surface area contributed by atoms with Crippen molar-refractivity contribution in [3.63, 3.8) is 0 Å². The Morgan fingerprint density at radius 1 is 1.47 bits per heavy atom. The smallest absolute Gasteiger partial charge is 0.0692 e. The van der Waals surface area contributed by atoms with E-state index in [-0.39, 0.29) is 12.1 Å². The molecule has 94 valence electrons. The highest BCUT2D eigenvalue weighted by atomic mass is 32.1. The molecule has 1 rings (SSSR count). The van der Waals surface area contributed by atoms with E-state index in [0.29, 0.717) is 6.54 Å². The number of nitrogens with two attached hydrogens (primary N) is 1. The lowest BCUT2D eigenvalue weighted by molar-refractivity contribution is 0.480. The number of terminal acetylenes is 1. The fraction of sp³-hybridized carbons (Fsp3) is 0.571. The van der Waals surface area contributed by atoms with Crippen molar-refractivity contribution in [3.05, 3.63) is 21.9 Å². The molecular weight excluding hydrogens is 228 g/mol.